The first-order valence-electron chi connectivity index (χ1n) is 6.36. The van der Waals surface area contributed by atoms with Crippen LogP contribution in [0.15, 0.2) is 24.3 Å². The second-order valence-corrected chi connectivity index (χ2v) is 4.59. The van der Waals surface area contributed by atoms with Crippen LogP contribution in [0.3, 0.4) is 0 Å². The molecule has 3 rings (SSSR count). The molecule has 6 heteroatoms. The predicted octanol–water partition coefficient (Wildman–Crippen LogP) is -1.46. The molecule has 0 bridgehead atoms. The van der Waals surface area contributed by atoms with E-state index in [9.17, 15) is 0 Å². The average Bonchev–Trinajstić information content (AvgIpc) is 2.77. The summed E-state index contributed by atoms with van der Waals surface area (Å²) in [5.41, 5.74) is 4.96. The van der Waals surface area contributed by atoms with Gasteiger partial charge in [-0.25, -0.2) is 12.0 Å². The van der Waals surface area contributed by atoms with Gasteiger partial charge in [-0.15, -0.1) is 0 Å². The van der Waals surface area contributed by atoms with Gasteiger partial charge in [0.25, 0.3) is 0 Å². The number of benzene rings is 1. The quantitative estimate of drug-likeness (QED) is 0.603. The van der Waals surface area contributed by atoms with Crippen molar-refractivity contribution in [2.24, 2.45) is 0 Å². The van der Waals surface area contributed by atoms with Crippen LogP contribution in [0.5, 0.6) is 0 Å². The molecule has 19 heavy (non-hydrogen) atoms. The zero-order chi connectivity index (χ0) is 12.4. The van der Waals surface area contributed by atoms with E-state index in [0.717, 1.165) is 42.9 Å². The van der Waals surface area contributed by atoms with Crippen LogP contribution < -0.4 is 74.2 Å². The molecule has 0 spiro atoms. The second-order valence-electron chi connectivity index (χ2n) is 4.59. The van der Waals surface area contributed by atoms with Crippen molar-refractivity contribution in [1.29, 1.82) is 0 Å². The summed E-state index contributed by atoms with van der Waals surface area (Å²) in [6.07, 6.45) is 2.25. The van der Waals surface area contributed by atoms with Crippen LogP contribution in [0.1, 0.15) is 12.8 Å². The maximum Gasteiger partial charge on any atom is 1.00 e. The summed E-state index contributed by atoms with van der Waals surface area (Å²) in [4.78, 5) is 4.61. The normalized spacial score (nSPS) is 16.1. The average molecular weight is 330 g/mol. The van der Waals surface area contributed by atoms with Crippen molar-refractivity contribution in [2.75, 3.05) is 23.8 Å². The summed E-state index contributed by atoms with van der Waals surface area (Å²) in [6, 6.07) is 8.53. The minimum Gasteiger partial charge on any atom is -0.472 e. The van der Waals surface area contributed by atoms with Crippen molar-refractivity contribution in [3.63, 3.8) is 0 Å². The Morgan fingerprint density at radius 3 is 2.74 bits per heavy atom. The van der Waals surface area contributed by atoms with Gasteiger partial charge in [0.2, 0.25) is 5.95 Å². The third kappa shape index (κ3) is 3.39. The van der Waals surface area contributed by atoms with Crippen molar-refractivity contribution in [3.05, 3.63) is 31.3 Å². The minimum atomic E-state index is 0. The van der Waals surface area contributed by atoms with E-state index < -0.39 is 0 Å². The number of nitrogens with zero attached hydrogens (tertiary/aromatic N) is 2. The Morgan fingerprint density at radius 2 is 2.00 bits per heavy atom. The van der Waals surface area contributed by atoms with Crippen LogP contribution in [0.2, 0.25) is 0 Å². The van der Waals surface area contributed by atoms with E-state index in [2.05, 4.69) is 28.1 Å². The third-order valence-electron chi connectivity index (χ3n) is 3.39. The number of aromatic nitrogens is 2. The molecule has 0 radical (unpaired) electrons. The standard InChI is InChI=1S/C13H18N5.Rb/c1-14-18-12-5-3-2-4-11(12)17-13(18)16-10-6-8-15-9-7-10;/h2-5,10,14-15H,1,6-9H2,(H,16,17);/q-1;+1. The molecule has 3 N–H and O–H groups in total. The van der Waals surface area contributed by atoms with Crippen LogP contribution in [0, 0.1) is 7.05 Å². The molecule has 1 aromatic heterocycles. The van der Waals surface area contributed by atoms with Gasteiger partial charge in [-0.1, -0.05) is 12.1 Å². The van der Waals surface area contributed by atoms with Crippen LogP contribution in [-0.4, -0.2) is 28.8 Å². The SMILES string of the molecule is [CH2-]Nn1c(NC2CCNCC2)nc2ccccc21.[Rb+]. The third-order valence-corrected chi connectivity index (χ3v) is 3.39. The molecule has 2 aromatic rings. The molecule has 5 nitrogen and oxygen atoms in total. The summed E-state index contributed by atoms with van der Waals surface area (Å²) in [5.74, 6) is 0.845. The fourth-order valence-electron chi connectivity index (χ4n) is 2.43. The molecular weight excluding hydrogens is 312 g/mol. The number of anilines is 1. The predicted molar refractivity (Wildman–Crippen MR) is 74.0 cm³/mol. The number of piperidine rings is 1. The number of rotatable bonds is 3. The van der Waals surface area contributed by atoms with Gasteiger partial charge in [0, 0.05) is 6.04 Å². The van der Waals surface area contributed by atoms with Gasteiger partial charge in [0.05, 0.1) is 11.0 Å². The molecule has 1 saturated heterocycles. The number of para-hydroxylation sites is 2. The molecular formula is C13H18N5Rb. The Hall–Kier alpha value is 0.0552. The monoisotopic (exact) mass is 329 g/mol. The van der Waals surface area contributed by atoms with E-state index in [1.807, 2.05) is 28.9 Å². The molecule has 96 valence electrons. The van der Waals surface area contributed by atoms with E-state index in [-0.39, 0.29) is 58.2 Å². The summed E-state index contributed by atoms with van der Waals surface area (Å²) < 4.78 is 1.90. The maximum atomic E-state index is 4.61. The van der Waals surface area contributed by atoms with Crippen molar-refractivity contribution in [3.8, 4) is 0 Å². The Morgan fingerprint density at radius 1 is 1.26 bits per heavy atom. The topological polar surface area (TPSA) is 53.9 Å². The van der Waals surface area contributed by atoms with Crippen LogP contribution >= 0.6 is 0 Å². The Kier molecular flexibility index (Phi) is 5.83. The van der Waals surface area contributed by atoms with Gasteiger partial charge in [0.15, 0.2) is 0 Å². The maximum absolute atomic E-state index is 4.61. The fraction of sp³-hybridized carbons (Fsp3) is 0.385. The molecule has 0 unspecified atom stereocenters. The zero-order valence-corrected chi connectivity index (χ0v) is 16.2. The van der Waals surface area contributed by atoms with Crippen LogP contribution in [0.25, 0.3) is 11.0 Å². The van der Waals surface area contributed by atoms with Crippen LogP contribution in [0.4, 0.5) is 5.95 Å². The van der Waals surface area contributed by atoms with Gasteiger partial charge in [-0.05, 0) is 38.1 Å². The number of imidazole rings is 1. The van der Waals surface area contributed by atoms with Crippen LogP contribution in [-0.2, 0) is 0 Å². The Labute approximate surface area is 162 Å². The molecule has 0 amide bonds. The minimum absolute atomic E-state index is 0. The van der Waals surface area contributed by atoms with Crippen molar-refractivity contribution in [2.45, 2.75) is 18.9 Å². The largest absolute Gasteiger partial charge is 1.00 e. The first-order valence-corrected chi connectivity index (χ1v) is 6.36. The summed E-state index contributed by atoms with van der Waals surface area (Å²) in [6.45, 7) is 2.13. The molecule has 1 aromatic carbocycles. The summed E-state index contributed by atoms with van der Waals surface area (Å²) in [7, 11) is 3.75. The number of hydrogen-bond acceptors (Lipinski definition) is 4. The fourth-order valence-corrected chi connectivity index (χ4v) is 2.43. The first kappa shape index (κ1) is 15.4. The smallest absolute Gasteiger partial charge is 0.472 e. The molecule has 1 aliphatic rings. The van der Waals surface area contributed by atoms with Crippen molar-refractivity contribution >= 4 is 17.0 Å². The van der Waals surface area contributed by atoms with E-state index in [1.165, 1.54) is 0 Å². The van der Waals surface area contributed by atoms with Crippen molar-refractivity contribution < 1.29 is 58.2 Å². The number of hydrogen-bond donors (Lipinski definition) is 3. The first-order chi connectivity index (χ1) is 8.88. The van der Waals surface area contributed by atoms with E-state index in [4.69, 9.17) is 0 Å². The summed E-state index contributed by atoms with van der Waals surface area (Å²) in [5, 5.41) is 6.86. The molecule has 0 atom stereocenters. The second kappa shape index (κ2) is 7.17. The van der Waals surface area contributed by atoms with E-state index >= 15 is 0 Å². The number of fused-ring (bicyclic) bond motifs is 1. The molecule has 0 aliphatic carbocycles. The van der Waals surface area contributed by atoms with Gasteiger partial charge in [0.1, 0.15) is 0 Å². The van der Waals surface area contributed by atoms with E-state index in [1.54, 1.807) is 0 Å². The van der Waals surface area contributed by atoms with Crippen molar-refractivity contribution in [1.82, 2.24) is 15.0 Å². The molecule has 1 fully saturated rings. The van der Waals surface area contributed by atoms with Gasteiger partial charge >= 0.3 is 58.2 Å². The Balaban J connectivity index is 0.00000133. The van der Waals surface area contributed by atoms with Gasteiger partial charge in [-0.3, -0.25) is 4.68 Å². The summed E-state index contributed by atoms with van der Waals surface area (Å²) >= 11 is 0. The van der Waals surface area contributed by atoms with Gasteiger partial charge < -0.3 is 16.1 Å². The molecule has 0 saturated carbocycles. The molecule has 2 heterocycles. The zero-order valence-electron chi connectivity index (χ0n) is 11.3. The van der Waals surface area contributed by atoms with E-state index in [0.29, 0.717) is 6.04 Å². The number of nitrogens with one attached hydrogen (secondary N) is 3. The molecule has 1 aliphatic heterocycles. The van der Waals surface area contributed by atoms with Gasteiger partial charge in [-0.2, -0.15) is 0 Å². The Bertz CT molecular complexity index is 533.